The van der Waals surface area contributed by atoms with Gasteiger partial charge in [0.05, 0.1) is 18.8 Å². The lowest BCUT2D eigenvalue weighted by Crippen LogP contribution is -2.40. The molecule has 1 aromatic heterocycles. The summed E-state index contributed by atoms with van der Waals surface area (Å²) in [7, 11) is 5.89. The van der Waals surface area contributed by atoms with Gasteiger partial charge in [0.1, 0.15) is 0 Å². The Morgan fingerprint density at radius 1 is 1.21 bits per heavy atom. The molecule has 1 aromatic carbocycles. The van der Waals surface area contributed by atoms with Gasteiger partial charge < -0.3 is 9.80 Å². The standard InChI is InChI=1S/C22H31N5O/c1-16-7-5-6-8-19(16)22-20-14-26(11-17-9-23-25(4)10-17)12-18(20)13-27(22)21(28)15-24(2)3/h5-10,18,20,22H,11-15H2,1-4H3/t18-,20-,22+/m1/s1. The predicted molar refractivity (Wildman–Crippen MR) is 110 cm³/mol. The lowest BCUT2D eigenvalue weighted by Gasteiger charge is -2.31. The maximum Gasteiger partial charge on any atom is 0.237 e. The minimum atomic E-state index is 0.178. The van der Waals surface area contributed by atoms with E-state index in [2.05, 4.69) is 52.3 Å². The zero-order valence-corrected chi connectivity index (χ0v) is 17.4. The predicted octanol–water partition coefficient (Wildman–Crippen LogP) is 1.92. The number of fused-ring (bicyclic) bond motifs is 1. The molecular weight excluding hydrogens is 350 g/mol. The number of aryl methyl sites for hydroxylation is 2. The largest absolute Gasteiger partial charge is 0.334 e. The van der Waals surface area contributed by atoms with E-state index in [9.17, 15) is 4.79 Å². The van der Waals surface area contributed by atoms with Gasteiger partial charge in [0, 0.05) is 50.9 Å². The van der Waals surface area contributed by atoms with Crippen molar-refractivity contribution < 1.29 is 4.79 Å². The smallest absolute Gasteiger partial charge is 0.237 e. The van der Waals surface area contributed by atoms with Crippen LogP contribution in [0.5, 0.6) is 0 Å². The molecule has 0 radical (unpaired) electrons. The van der Waals surface area contributed by atoms with Crippen LogP contribution in [-0.2, 0) is 18.4 Å². The second kappa shape index (κ2) is 7.68. The van der Waals surface area contributed by atoms with E-state index >= 15 is 0 Å². The Labute approximate surface area is 167 Å². The molecule has 6 nitrogen and oxygen atoms in total. The number of carbonyl (C=O) groups is 1. The molecule has 3 atom stereocenters. The molecule has 1 amide bonds. The van der Waals surface area contributed by atoms with Crippen LogP contribution < -0.4 is 0 Å². The van der Waals surface area contributed by atoms with E-state index < -0.39 is 0 Å². The quantitative estimate of drug-likeness (QED) is 0.794. The molecule has 3 heterocycles. The average Bonchev–Trinajstić information content (AvgIpc) is 3.29. The van der Waals surface area contributed by atoms with Gasteiger partial charge in [-0.2, -0.15) is 5.10 Å². The number of carbonyl (C=O) groups excluding carboxylic acids is 1. The molecule has 0 N–H and O–H groups in total. The fourth-order valence-electron chi connectivity index (χ4n) is 5.01. The first-order valence-electron chi connectivity index (χ1n) is 10.1. The molecular formula is C22H31N5O. The van der Waals surface area contributed by atoms with Crippen molar-refractivity contribution in [2.75, 3.05) is 40.3 Å². The highest BCUT2D eigenvalue weighted by Gasteiger charge is 2.49. The third-order valence-corrected chi connectivity index (χ3v) is 6.18. The number of hydrogen-bond donors (Lipinski definition) is 0. The van der Waals surface area contributed by atoms with Crippen molar-refractivity contribution in [2.45, 2.75) is 19.5 Å². The van der Waals surface area contributed by atoms with Crippen LogP contribution in [0.25, 0.3) is 0 Å². The summed E-state index contributed by atoms with van der Waals surface area (Å²) >= 11 is 0. The van der Waals surface area contributed by atoms with Gasteiger partial charge >= 0.3 is 0 Å². The van der Waals surface area contributed by atoms with Crippen LogP contribution in [0.1, 0.15) is 22.7 Å². The Bertz CT molecular complexity index is 845. The third-order valence-electron chi connectivity index (χ3n) is 6.18. The summed E-state index contributed by atoms with van der Waals surface area (Å²) in [4.78, 5) is 19.7. The summed E-state index contributed by atoms with van der Waals surface area (Å²) in [5.41, 5.74) is 3.85. The van der Waals surface area contributed by atoms with E-state index in [0.717, 1.165) is 26.2 Å². The molecule has 2 saturated heterocycles. The van der Waals surface area contributed by atoms with Gasteiger partial charge in [0.15, 0.2) is 0 Å². The molecule has 2 fully saturated rings. The fraction of sp³-hybridized carbons (Fsp3) is 0.545. The Hall–Kier alpha value is -2.18. The topological polar surface area (TPSA) is 44.6 Å². The van der Waals surface area contributed by atoms with E-state index in [0.29, 0.717) is 18.4 Å². The van der Waals surface area contributed by atoms with Crippen molar-refractivity contribution in [1.82, 2.24) is 24.5 Å². The molecule has 0 bridgehead atoms. The van der Waals surface area contributed by atoms with Crippen LogP contribution in [0.3, 0.4) is 0 Å². The molecule has 6 heteroatoms. The lowest BCUT2D eigenvalue weighted by molar-refractivity contribution is -0.133. The molecule has 0 aliphatic carbocycles. The van der Waals surface area contributed by atoms with Crippen molar-refractivity contribution >= 4 is 5.91 Å². The van der Waals surface area contributed by atoms with Gasteiger partial charge in [-0.25, -0.2) is 0 Å². The van der Waals surface area contributed by atoms with Crippen molar-refractivity contribution in [1.29, 1.82) is 0 Å². The van der Waals surface area contributed by atoms with Crippen molar-refractivity contribution in [3.05, 3.63) is 53.3 Å². The van der Waals surface area contributed by atoms with Gasteiger partial charge in [0.2, 0.25) is 5.91 Å². The number of hydrogen-bond acceptors (Lipinski definition) is 4. The number of likely N-dealkylation sites (N-methyl/N-ethyl adjacent to an activating group) is 1. The van der Waals surface area contributed by atoms with Gasteiger partial charge in [-0.15, -0.1) is 0 Å². The Morgan fingerprint density at radius 2 is 2.00 bits per heavy atom. The van der Waals surface area contributed by atoms with E-state index in [-0.39, 0.29) is 11.9 Å². The minimum absolute atomic E-state index is 0.178. The fourth-order valence-corrected chi connectivity index (χ4v) is 5.01. The number of amides is 1. The molecule has 150 valence electrons. The van der Waals surface area contributed by atoms with E-state index in [1.165, 1.54) is 16.7 Å². The summed E-state index contributed by atoms with van der Waals surface area (Å²) in [6.07, 6.45) is 4.06. The Balaban J connectivity index is 1.57. The molecule has 2 aliphatic heterocycles. The molecule has 28 heavy (non-hydrogen) atoms. The Kier molecular flexibility index (Phi) is 5.25. The number of likely N-dealkylation sites (tertiary alicyclic amines) is 2. The Morgan fingerprint density at radius 3 is 2.68 bits per heavy atom. The van der Waals surface area contributed by atoms with Crippen LogP contribution in [0.4, 0.5) is 0 Å². The van der Waals surface area contributed by atoms with Gasteiger partial charge in [-0.05, 0) is 38.1 Å². The summed E-state index contributed by atoms with van der Waals surface area (Å²) in [5.74, 6) is 1.27. The summed E-state index contributed by atoms with van der Waals surface area (Å²) < 4.78 is 1.87. The first-order chi connectivity index (χ1) is 13.4. The molecule has 2 aliphatic rings. The highest BCUT2D eigenvalue weighted by atomic mass is 16.2. The van der Waals surface area contributed by atoms with E-state index in [4.69, 9.17) is 0 Å². The summed E-state index contributed by atoms with van der Waals surface area (Å²) in [6, 6.07) is 8.74. The highest BCUT2D eigenvalue weighted by molar-refractivity contribution is 5.79. The second-order valence-electron chi connectivity index (χ2n) is 8.73. The van der Waals surface area contributed by atoms with Crippen LogP contribution in [0.15, 0.2) is 36.7 Å². The SMILES string of the molecule is Cc1ccccc1[C@H]1[C@@H]2CN(Cc3cnn(C)c3)C[C@@H]2CN1C(=O)CN(C)C. The van der Waals surface area contributed by atoms with Crippen molar-refractivity contribution in [2.24, 2.45) is 18.9 Å². The van der Waals surface area contributed by atoms with E-state index in [1.807, 2.05) is 36.9 Å². The number of benzene rings is 1. The van der Waals surface area contributed by atoms with Crippen LogP contribution in [0, 0.1) is 18.8 Å². The monoisotopic (exact) mass is 381 g/mol. The second-order valence-corrected chi connectivity index (χ2v) is 8.73. The lowest BCUT2D eigenvalue weighted by atomic mass is 9.87. The summed E-state index contributed by atoms with van der Waals surface area (Å²) in [5, 5.41) is 4.30. The van der Waals surface area contributed by atoms with Crippen LogP contribution in [-0.4, -0.2) is 70.7 Å². The average molecular weight is 382 g/mol. The van der Waals surface area contributed by atoms with Crippen LogP contribution in [0.2, 0.25) is 0 Å². The molecule has 2 aromatic rings. The molecule has 0 unspecified atom stereocenters. The maximum atomic E-state index is 13.0. The number of aromatic nitrogens is 2. The highest BCUT2D eigenvalue weighted by Crippen LogP contribution is 2.46. The van der Waals surface area contributed by atoms with Crippen molar-refractivity contribution in [3.63, 3.8) is 0 Å². The van der Waals surface area contributed by atoms with E-state index in [1.54, 1.807) is 0 Å². The molecule has 0 spiro atoms. The van der Waals surface area contributed by atoms with Gasteiger partial charge in [-0.3, -0.25) is 14.4 Å². The maximum absolute atomic E-state index is 13.0. The van der Waals surface area contributed by atoms with Crippen molar-refractivity contribution in [3.8, 4) is 0 Å². The first-order valence-corrected chi connectivity index (χ1v) is 10.1. The molecule has 0 saturated carbocycles. The zero-order valence-electron chi connectivity index (χ0n) is 17.4. The normalized spacial score (nSPS) is 24.9. The van der Waals surface area contributed by atoms with Gasteiger partial charge in [-0.1, -0.05) is 24.3 Å². The first kappa shape index (κ1) is 19.2. The molecule has 4 rings (SSSR count). The zero-order chi connectivity index (χ0) is 19.8. The number of nitrogens with zero attached hydrogens (tertiary/aromatic N) is 5. The van der Waals surface area contributed by atoms with Crippen LogP contribution >= 0.6 is 0 Å². The minimum Gasteiger partial charge on any atom is -0.334 e. The summed E-state index contributed by atoms with van der Waals surface area (Å²) in [6.45, 7) is 6.52. The number of rotatable bonds is 5. The van der Waals surface area contributed by atoms with Gasteiger partial charge in [0.25, 0.3) is 0 Å². The third kappa shape index (κ3) is 3.71.